The van der Waals surface area contributed by atoms with Crippen LogP contribution in [0.4, 0.5) is 0 Å². The van der Waals surface area contributed by atoms with Crippen molar-refractivity contribution in [3.8, 4) is 0 Å². The number of pyridine rings is 1. The second kappa shape index (κ2) is 5.37. The lowest BCUT2D eigenvalue weighted by Gasteiger charge is -1.93. The van der Waals surface area contributed by atoms with Gasteiger partial charge in [0.15, 0.2) is 5.82 Å². The van der Waals surface area contributed by atoms with E-state index >= 15 is 0 Å². The summed E-state index contributed by atoms with van der Waals surface area (Å²) in [7, 11) is 0. The summed E-state index contributed by atoms with van der Waals surface area (Å²) in [6.07, 6.45) is 2.37. The number of aromatic nitrogens is 3. The molecule has 5 heteroatoms. The summed E-state index contributed by atoms with van der Waals surface area (Å²) in [6.45, 7) is 3.54. The van der Waals surface area contributed by atoms with Crippen LogP contribution < -0.4 is 5.32 Å². The molecule has 0 atom stereocenters. The molecule has 2 heterocycles. The SMILES string of the molecule is CCNCc1nc(Cc2ccccn2)no1. The largest absolute Gasteiger partial charge is 0.338 e. The van der Waals surface area contributed by atoms with Crippen LogP contribution >= 0.6 is 0 Å². The maximum Gasteiger partial charge on any atom is 0.240 e. The fourth-order valence-corrected chi connectivity index (χ4v) is 1.33. The Balaban J connectivity index is 1.97. The average molecular weight is 218 g/mol. The topological polar surface area (TPSA) is 63.8 Å². The lowest BCUT2D eigenvalue weighted by molar-refractivity contribution is 0.365. The molecule has 1 N–H and O–H groups in total. The van der Waals surface area contributed by atoms with Crippen LogP contribution in [-0.2, 0) is 13.0 Å². The van der Waals surface area contributed by atoms with Crippen molar-refractivity contribution in [2.75, 3.05) is 6.54 Å². The van der Waals surface area contributed by atoms with Crippen LogP contribution in [0.25, 0.3) is 0 Å². The van der Waals surface area contributed by atoms with Crippen LogP contribution in [0.1, 0.15) is 24.3 Å². The third-order valence-corrected chi connectivity index (χ3v) is 2.10. The highest BCUT2D eigenvalue weighted by Crippen LogP contribution is 2.03. The van der Waals surface area contributed by atoms with Crippen molar-refractivity contribution in [1.82, 2.24) is 20.4 Å². The highest BCUT2D eigenvalue weighted by atomic mass is 16.5. The molecule has 2 aromatic heterocycles. The standard InChI is InChI=1S/C11H14N4O/c1-2-12-8-11-14-10(15-16-11)7-9-5-3-4-6-13-9/h3-6,12H,2,7-8H2,1H3. The van der Waals surface area contributed by atoms with E-state index in [1.165, 1.54) is 0 Å². The van der Waals surface area contributed by atoms with E-state index in [-0.39, 0.29) is 0 Å². The monoisotopic (exact) mass is 218 g/mol. The smallest absolute Gasteiger partial charge is 0.240 e. The van der Waals surface area contributed by atoms with Gasteiger partial charge in [0.05, 0.1) is 13.0 Å². The molecule has 0 bridgehead atoms. The van der Waals surface area contributed by atoms with Crippen molar-refractivity contribution in [2.24, 2.45) is 0 Å². The van der Waals surface area contributed by atoms with Crippen molar-refractivity contribution in [1.29, 1.82) is 0 Å². The van der Waals surface area contributed by atoms with Gasteiger partial charge in [-0.1, -0.05) is 18.1 Å². The molecule has 84 valence electrons. The Labute approximate surface area is 93.9 Å². The minimum Gasteiger partial charge on any atom is -0.338 e. The summed E-state index contributed by atoms with van der Waals surface area (Å²) in [4.78, 5) is 8.47. The lowest BCUT2D eigenvalue weighted by atomic mass is 10.2. The molecule has 0 aromatic carbocycles. The van der Waals surface area contributed by atoms with Crippen molar-refractivity contribution in [2.45, 2.75) is 19.9 Å². The Morgan fingerprint density at radius 3 is 3.06 bits per heavy atom. The molecule has 5 nitrogen and oxygen atoms in total. The van der Waals surface area contributed by atoms with Crippen LogP contribution in [0.3, 0.4) is 0 Å². The Kier molecular flexibility index (Phi) is 3.61. The van der Waals surface area contributed by atoms with Gasteiger partial charge in [-0.2, -0.15) is 4.98 Å². The Hall–Kier alpha value is -1.75. The van der Waals surface area contributed by atoms with Crippen molar-refractivity contribution in [3.63, 3.8) is 0 Å². The molecule has 0 amide bonds. The second-order valence-electron chi connectivity index (χ2n) is 3.38. The predicted octanol–water partition coefficient (Wildman–Crippen LogP) is 1.16. The molecule has 0 saturated heterocycles. The van der Waals surface area contributed by atoms with Crippen LogP contribution in [0.2, 0.25) is 0 Å². The second-order valence-corrected chi connectivity index (χ2v) is 3.38. The zero-order valence-electron chi connectivity index (χ0n) is 9.18. The van der Waals surface area contributed by atoms with E-state index in [1.54, 1.807) is 6.20 Å². The molecule has 0 radical (unpaired) electrons. The summed E-state index contributed by atoms with van der Waals surface area (Å²) < 4.78 is 5.09. The minimum absolute atomic E-state index is 0.608. The third kappa shape index (κ3) is 2.87. The van der Waals surface area contributed by atoms with Crippen LogP contribution in [0, 0.1) is 0 Å². The Morgan fingerprint density at radius 1 is 1.38 bits per heavy atom. The van der Waals surface area contributed by atoms with Crippen molar-refractivity contribution >= 4 is 0 Å². The first kappa shape index (κ1) is 10.8. The molecule has 2 rings (SSSR count). The van der Waals surface area contributed by atoms with Gasteiger partial charge in [-0.25, -0.2) is 0 Å². The quantitative estimate of drug-likeness (QED) is 0.816. The van der Waals surface area contributed by atoms with E-state index in [1.807, 2.05) is 25.1 Å². The highest BCUT2D eigenvalue weighted by Gasteiger charge is 2.06. The van der Waals surface area contributed by atoms with E-state index in [4.69, 9.17) is 4.52 Å². The molecule has 0 aliphatic heterocycles. The molecule has 0 spiro atoms. The molecule has 0 saturated carbocycles. The maximum absolute atomic E-state index is 5.09. The van der Waals surface area contributed by atoms with Gasteiger partial charge in [0.25, 0.3) is 0 Å². The van der Waals surface area contributed by atoms with Crippen molar-refractivity contribution < 1.29 is 4.52 Å². The summed E-state index contributed by atoms with van der Waals surface area (Å²) in [5.74, 6) is 1.29. The van der Waals surface area contributed by atoms with Gasteiger partial charge in [-0.3, -0.25) is 4.98 Å². The first-order valence-electron chi connectivity index (χ1n) is 5.30. The van der Waals surface area contributed by atoms with Gasteiger partial charge in [-0.05, 0) is 18.7 Å². The van der Waals surface area contributed by atoms with Gasteiger partial charge in [0.2, 0.25) is 5.89 Å². The van der Waals surface area contributed by atoms with Gasteiger partial charge in [-0.15, -0.1) is 0 Å². The summed E-state index contributed by atoms with van der Waals surface area (Å²) >= 11 is 0. The number of nitrogens with zero attached hydrogens (tertiary/aromatic N) is 3. The number of rotatable bonds is 5. The molecule has 2 aromatic rings. The molecular weight excluding hydrogens is 204 g/mol. The highest BCUT2D eigenvalue weighted by molar-refractivity contribution is 5.08. The van der Waals surface area contributed by atoms with E-state index in [0.717, 1.165) is 12.2 Å². The van der Waals surface area contributed by atoms with Gasteiger partial charge in [0, 0.05) is 11.9 Å². The Morgan fingerprint density at radius 2 is 2.31 bits per heavy atom. The number of hydrogen-bond donors (Lipinski definition) is 1. The maximum atomic E-state index is 5.09. The van der Waals surface area contributed by atoms with E-state index in [2.05, 4.69) is 20.4 Å². The fourth-order valence-electron chi connectivity index (χ4n) is 1.33. The zero-order chi connectivity index (χ0) is 11.2. The minimum atomic E-state index is 0.608. The fraction of sp³-hybridized carbons (Fsp3) is 0.364. The molecular formula is C11H14N4O. The van der Waals surface area contributed by atoms with Crippen molar-refractivity contribution in [3.05, 3.63) is 41.8 Å². The third-order valence-electron chi connectivity index (χ3n) is 2.10. The molecule has 0 aliphatic rings. The van der Waals surface area contributed by atoms with Gasteiger partial charge < -0.3 is 9.84 Å². The zero-order valence-corrected chi connectivity index (χ0v) is 9.18. The molecule has 16 heavy (non-hydrogen) atoms. The summed E-state index contributed by atoms with van der Waals surface area (Å²) in [6, 6.07) is 5.78. The lowest BCUT2D eigenvalue weighted by Crippen LogP contribution is -2.11. The first-order valence-corrected chi connectivity index (χ1v) is 5.30. The van der Waals surface area contributed by atoms with Crippen LogP contribution in [0.15, 0.2) is 28.9 Å². The van der Waals surface area contributed by atoms with E-state index < -0.39 is 0 Å². The van der Waals surface area contributed by atoms with Gasteiger partial charge >= 0.3 is 0 Å². The number of hydrogen-bond acceptors (Lipinski definition) is 5. The average Bonchev–Trinajstić information content (AvgIpc) is 2.75. The van der Waals surface area contributed by atoms with E-state index in [9.17, 15) is 0 Å². The summed E-state index contributed by atoms with van der Waals surface area (Å²) in [5, 5.41) is 7.03. The van der Waals surface area contributed by atoms with E-state index in [0.29, 0.717) is 24.7 Å². The normalized spacial score (nSPS) is 10.6. The molecule has 0 fully saturated rings. The van der Waals surface area contributed by atoms with Crippen LogP contribution in [-0.4, -0.2) is 21.7 Å². The number of nitrogens with one attached hydrogen (secondary N) is 1. The molecule has 0 aliphatic carbocycles. The first-order chi connectivity index (χ1) is 7.88. The molecule has 0 unspecified atom stereocenters. The Bertz CT molecular complexity index is 427. The summed E-state index contributed by atoms with van der Waals surface area (Å²) in [5.41, 5.74) is 0.943. The predicted molar refractivity (Wildman–Crippen MR) is 58.7 cm³/mol. The van der Waals surface area contributed by atoms with Gasteiger partial charge in [0.1, 0.15) is 0 Å². The van der Waals surface area contributed by atoms with Crippen LogP contribution in [0.5, 0.6) is 0 Å².